The van der Waals surface area contributed by atoms with Crippen LogP contribution in [0.25, 0.3) is 0 Å². The van der Waals surface area contributed by atoms with Crippen LogP contribution in [-0.2, 0) is 14.3 Å². The van der Waals surface area contributed by atoms with E-state index in [0.29, 0.717) is 11.8 Å². The van der Waals surface area contributed by atoms with Crippen LogP contribution in [-0.4, -0.2) is 23.3 Å². The molecule has 3 heteroatoms. The fourth-order valence-electron chi connectivity index (χ4n) is 5.00. The van der Waals surface area contributed by atoms with Crippen LogP contribution in [0.2, 0.25) is 0 Å². The van der Waals surface area contributed by atoms with E-state index in [1.165, 1.54) is 0 Å². The molecule has 0 aromatic heterocycles. The number of ether oxygens (including phenoxy) is 2. The Bertz CT molecular complexity index is 468. The Morgan fingerprint density at radius 2 is 2.17 bits per heavy atom. The zero-order chi connectivity index (χ0) is 14.3. The van der Waals surface area contributed by atoms with Crippen molar-refractivity contribution in [2.75, 3.05) is 0 Å². The van der Waals surface area contributed by atoms with Gasteiger partial charge in [-0.05, 0) is 38.5 Å². The van der Waals surface area contributed by atoms with Crippen molar-refractivity contribution in [3.05, 3.63) is 0 Å². The lowest BCUT2D eigenvalue weighted by atomic mass is 9.55. The van der Waals surface area contributed by atoms with Crippen molar-refractivity contribution in [3.8, 4) is 0 Å². The first-order chi connectivity index (χ1) is 9.40. The smallest absolute Gasteiger partial charge is 0.309 e. The fourth-order valence-corrected chi connectivity index (χ4v) is 5.00. The molecule has 7 atom stereocenters. The van der Waals surface area contributed by atoms with E-state index in [9.17, 15) is 4.79 Å². The van der Waals surface area contributed by atoms with Gasteiger partial charge in [0.05, 0.1) is 11.5 Å². The van der Waals surface area contributed by atoms with Crippen molar-refractivity contribution in [3.63, 3.8) is 0 Å². The number of carbonyl (C=O) groups is 1. The van der Waals surface area contributed by atoms with Crippen LogP contribution in [0.5, 0.6) is 0 Å². The Hall–Kier alpha value is -0.570. The molecule has 4 aliphatic rings. The van der Waals surface area contributed by atoms with Gasteiger partial charge in [-0.2, -0.15) is 0 Å². The van der Waals surface area contributed by atoms with Crippen LogP contribution < -0.4 is 0 Å². The molecular formula is C15H22O3. The van der Waals surface area contributed by atoms with Crippen molar-refractivity contribution in [2.45, 2.75) is 63.7 Å². The van der Waals surface area contributed by atoms with Crippen LogP contribution >= 0.6 is 0 Å². The molecule has 0 aromatic carbocycles. The number of fused-ring (bicyclic) bond motifs is 1. The van der Waals surface area contributed by atoms with Crippen LogP contribution in [0.15, 0.2) is 0 Å². The summed E-state index contributed by atoms with van der Waals surface area (Å²) in [6.45, 7) is 3.22. The van der Waals surface area contributed by atoms with E-state index in [1.807, 2.05) is 0 Å². The van der Waals surface area contributed by atoms with Crippen molar-refractivity contribution in [1.29, 1.82) is 0 Å². The van der Waals surface area contributed by atoms with Gasteiger partial charge in [-0.15, -0.1) is 0 Å². The molecule has 4 fully saturated rings. The summed E-state index contributed by atoms with van der Waals surface area (Å²) in [5, 5.41) is 0. The Morgan fingerprint density at radius 3 is 2.94 bits per heavy atom. The Balaban J connectivity index is 1.79. The summed E-state index contributed by atoms with van der Waals surface area (Å²) in [6, 6.07) is 0. The summed E-state index contributed by atoms with van der Waals surface area (Å²) < 4.78 is 27.3. The Labute approximate surface area is 111 Å². The second kappa shape index (κ2) is 3.12. The molecule has 0 radical (unpaired) electrons. The highest BCUT2D eigenvalue weighted by molar-refractivity contribution is 5.76. The molecule has 1 spiro atoms. The van der Waals surface area contributed by atoms with Crippen LogP contribution in [0, 0.1) is 23.7 Å². The first-order valence-electron chi connectivity index (χ1n) is 8.31. The zero-order valence-corrected chi connectivity index (χ0v) is 11.0. The lowest BCUT2D eigenvalue weighted by Gasteiger charge is -2.49. The first kappa shape index (κ1) is 9.35. The summed E-state index contributed by atoms with van der Waals surface area (Å²) >= 11 is 0. The highest BCUT2D eigenvalue weighted by Crippen LogP contribution is 2.66. The fraction of sp³-hybridized carbons (Fsp3) is 0.933. The van der Waals surface area contributed by atoms with Crippen molar-refractivity contribution < 1.29 is 17.0 Å². The zero-order valence-electron chi connectivity index (χ0n) is 13.0. The molecule has 2 saturated heterocycles. The molecule has 3 unspecified atom stereocenters. The van der Waals surface area contributed by atoms with Gasteiger partial charge >= 0.3 is 5.97 Å². The van der Waals surface area contributed by atoms with Crippen LogP contribution in [0.3, 0.4) is 0 Å². The predicted molar refractivity (Wildman–Crippen MR) is 65.9 cm³/mol. The Kier molecular flexibility index (Phi) is 1.62. The van der Waals surface area contributed by atoms with Crippen molar-refractivity contribution in [2.24, 2.45) is 23.7 Å². The molecule has 2 saturated carbocycles. The predicted octanol–water partition coefficient (Wildman–Crippen LogP) is 2.53. The number of rotatable bonds is 0. The summed E-state index contributed by atoms with van der Waals surface area (Å²) in [5.74, 6) is -0.0419. The van der Waals surface area contributed by atoms with Gasteiger partial charge in [-0.1, -0.05) is 13.8 Å². The van der Waals surface area contributed by atoms with Crippen LogP contribution in [0.4, 0.5) is 0 Å². The molecule has 0 bridgehead atoms. The number of carbonyl (C=O) groups excluding carboxylic acids is 1. The third-order valence-electron chi connectivity index (χ3n) is 6.01. The molecule has 4 rings (SSSR count). The molecule has 0 N–H and O–H groups in total. The minimum absolute atomic E-state index is 0.00308. The van der Waals surface area contributed by atoms with E-state index in [0.717, 1.165) is 25.7 Å². The largest absolute Gasteiger partial charge is 0.455 e. The quantitative estimate of drug-likeness (QED) is 0.492. The second-order valence-corrected chi connectivity index (χ2v) is 6.92. The number of hydrogen-bond acceptors (Lipinski definition) is 3. The monoisotopic (exact) mass is 254 g/mol. The van der Waals surface area contributed by atoms with Gasteiger partial charge in [0.15, 0.2) is 0 Å². The average molecular weight is 254 g/mol. The maximum Gasteiger partial charge on any atom is 0.309 e. The van der Waals surface area contributed by atoms with E-state index in [2.05, 4.69) is 13.8 Å². The van der Waals surface area contributed by atoms with Crippen LogP contribution in [0.1, 0.15) is 49.1 Å². The van der Waals surface area contributed by atoms with Gasteiger partial charge in [-0.25, -0.2) is 0 Å². The molecule has 3 nitrogen and oxygen atoms in total. The molecule has 100 valence electrons. The lowest BCUT2D eigenvalue weighted by molar-refractivity contribution is -0.168. The maximum absolute atomic E-state index is 12.3. The molecule has 18 heavy (non-hydrogen) atoms. The molecule has 2 aliphatic carbocycles. The second-order valence-electron chi connectivity index (χ2n) is 6.92. The van der Waals surface area contributed by atoms with E-state index in [1.54, 1.807) is 0 Å². The van der Waals surface area contributed by atoms with Gasteiger partial charge in [0.25, 0.3) is 0 Å². The molecule has 0 amide bonds. The number of epoxide rings is 1. The third-order valence-corrected chi connectivity index (χ3v) is 6.01. The SMILES string of the molecule is [3H]C([3H])C1C(=O)O[C@@]23C1CC[C@@H](C)C2CC[C@@]1(C)O[C@@H]31. The Morgan fingerprint density at radius 1 is 1.33 bits per heavy atom. The number of esters is 1. The normalized spacial score (nSPS) is 63.3. The highest BCUT2D eigenvalue weighted by atomic mass is 16.7. The van der Waals surface area contributed by atoms with Gasteiger partial charge in [-0.3, -0.25) is 4.79 Å². The standard InChI is InChI=1S/C15H22O3/c1-8-4-5-11-9(2)12(16)17-15(11)10(8)6-7-14(3)13(15)18-14/h8-11,13H,4-7H2,1-3H3/t8-,9?,10?,11?,13-,14-,15-/m1/s1/i2T2. The van der Waals surface area contributed by atoms with Crippen molar-refractivity contribution >= 4 is 5.97 Å². The summed E-state index contributed by atoms with van der Waals surface area (Å²) in [4.78, 5) is 12.3. The minimum atomic E-state index is -1.13. The topological polar surface area (TPSA) is 38.8 Å². The number of hydrogen-bond donors (Lipinski definition) is 0. The van der Waals surface area contributed by atoms with Crippen molar-refractivity contribution in [1.82, 2.24) is 0 Å². The van der Waals surface area contributed by atoms with E-state index < -0.39 is 18.4 Å². The molecule has 2 aliphatic heterocycles. The minimum Gasteiger partial charge on any atom is -0.455 e. The highest BCUT2D eigenvalue weighted by Gasteiger charge is 2.76. The van der Waals surface area contributed by atoms with Gasteiger partial charge in [0, 0.05) is 14.6 Å². The third kappa shape index (κ3) is 1.08. The summed E-state index contributed by atoms with van der Waals surface area (Å²) in [7, 11) is 0. The molecule has 0 aromatic rings. The van der Waals surface area contributed by atoms with Gasteiger partial charge in [0.1, 0.15) is 11.7 Å². The summed E-state index contributed by atoms with van der Waals surface area (Å²) in [6.07, 6.45) is 4.02. The molecule has 2 heterocycles. The first-order valence-corrected chi connectivity index (χ1v) is 7.15. The van der Waals surface area contributed by atoms with Gasteiger partial charge < -0.3 is 9.47 Å². The molecular weight excluding hydrogens is 228 g/mol. The average Bonchev–Trinajstić information content (AvgIpc) is 2.96. The summed E-state index contributed by atoms with van der Waals surface area (Å²) in [5.41, 5.74) is -0.673. The van der Waals surface area contributed by atoms with E-state index >= 15 is 0 Å². The van der Waals surface area contributed by atoms with E-state index in [-0.39, 0.29) is 23.6 Å². The maximum atomic E-state index is 12.3. The lowest BCUT2D eigenvalue weighted by Crippen LogP contribution is -2.58. The van der Waals surface area contributed by atoms with Gasteiger partial charge in [0.2, 0.25) is 0 Å². The van der Waals surface area contributed by atoms with E-state index in [4.69, 9.17) is 12.2 Å².